The molecule has 0 unspecified atom stereocenters. The number of fused-ring (bicyclic) bond motifs is 1. The van der Waals surface area contributed by atoms with Crippen molar-refractivity contribution in [3.63, 3.8) is 0 Å². The third kappa shape index (κ3) is 4.39. The van der Waals surface area contributed by atoms with Crippen LogP contribution in [0.5, 0.6) is 0 Å². The molecule has 3 heteroatoms. The summed E-state index contributed by atoms with van der Waals surface area (Å²) in [6.45, 7) is 15.8. The molecule has 0 saturated heterocycles. The molecule has 0 amide bonds. The summed E-state index contributed by atoms with van der Waals surface area (Å²) >= 11 is 0. The number of anilines is 2. The molecule has 0 aliphatic heterocycles. The molecule has 1 N–H and O–H groups in total. The van der Waals surface area contributed by atoms with Crippen LogP contribution in [0.2, 0.25) is 0 Å². The Morgan fingerprint density at radius 2 is 1.79 bits per heavy atom. The Morgan fingerprint density at radius 1 is 1.14 bits per heavy atom. The lowest BCUT2D eigenvalue weighted by atomic mass is 9.68. The van der Waals surface area contributed by atoms with Crippen LogP contribution in [-0.4, -0.2) is 12.6 Å². The van der Waals surface area contributed by atoms with E-state index < -0.39 is 0 Å². The monoisotopic (exact) mass is 391 g/mol. The van der Waals surface area contributed by atoms with Crippen molar-refractivity contribution in [1.82, 2.24) is 0 Å². The fraction of sp³-hybridized carbons (Fsp3) is 0.423. The van der Waals surface area contributed by atoms with Gasteiger partial charge in [0.15, 0.2) is 0 Å². The van der Waals surface area contributed by atoms with E-state index in [4.69, 9.17) is 4.74 Å². The molecule has 29 heavy (non-hydrogen) atoms. The Kier molecular flexibility index (Phi) is 5.62. The van der Waals surface area contributed by atoms with E-state index in [9.17, 15) is 4.79 Å². The standard InChI is InChI=1S/C26H33NO2/c1-8-29-24(28)18-9-11-19(12-10-18)27-23-16-20-21(25(3,4)5)13-14-26(6,7)22(20)15-17(23)2/h9-13,15-16,27H,8,14H2,1-7H3. The fourth-order valence-corrected chi connectivity index (χ4v) is 3.97. The second-order valence-electron chi connectivity index (χ2n) is 9.59. The smallest absolute Gasteiger partial charge is 0.338 e. The largest absolute Gasteiger partial charge is 0.462 e. The van der Waals surface area contributed by atoms with Crippen LogP contribution in [0, 0.1) is 12.3 Å². The Hall–Kier alpha value is -2.55. The van der Waals surface area contributed by atoms with Crippen LogP contribution in [0.15, 0.2) is 42.5 Å². The lowest BCUT2D eigenvalue weighted by Crippen LogP contribution is -2.25. The number of benzene rings is 2. The van der Waals surface area contributed by atoms with Gasteiger partial charge in [0, 0.05) is 11.4 Å². The maximum atomic E-state index is 11.9. The Balaban J connectivity index is 1.96. The number of nitrogens with one attached hydrogen (secondary N) is 1. The fourth-order valence-electron chi connectivity index (χ4n) is 3.97. The quantitative estimate of drug-likeness (QED) is 0.569. The van der Waals surface area contributed by atoms with Crippen molar-refractivity contribution in [2.24, 2.45) is 5.41 Å². The van der Waals surface area contributed by atoms with E-state index >= 15 is 0 Å². The van der Waals surface area contributed by atoms with Crippen molar-refractivity contribution < 1.29 is 9.53 Å². The zero-order chi connectivity index (χ0) is 21.4. The van der Waals surface area contributed by atoms with Crippen molar-refractivity contribution in [3.05, 3.63) is 64.7 Å². The summed E-state index contributed by atoms with van der Waals surface area (Å²) in [7, 11) is 0. The molecule has 1 aliphatic carbocycles. The van der Waals surface area contributed by atoms with Gasteiger partial charge in [-0.3, -0.25) is 0 Å². The topological polar surface area (TPSA) is 38.3 Å². The molecule has 0 spiro atoms. The molecule has 0 aromatic heterocycles. The number of ether oxygens (including phenoxy) is 1. The Morgan fingerprint density at radius 3 is 2.38 bits per heavy atom. The van der Waals surface area contributed by atoms with Crippen LogP contribution < -0.4 is 5.32 Å². The van der Waals surface area contributed by atoms with Gasteiger partial charge in [0.25, 0.3) is 0 Å². The van der Waals surface area contributed by atoms with Crippen molar-refractivity contribution in [2.75, 3.05) is 11.9 Å². The van der Waals surface area contributed by atoms with Crippen molar-refractivity contribution in [3.8, 4) is 0 Å². The van der Waals surface area contributed by atoms with Crippen molar-refractivity contribution in [1.29, 1.82) is 0 Å². The summed E-state index contributed by atoms with van der Waals surface area (Å²) in [6, 6.07) is 12.1. The summed E-state index contributed by atoms with van der Waals surface area (Å²) < 4.78 is 5.06. The summed E-state index contributed by atoms with van der Waals surface area (Å²) in [5.74, 6) is -0.286. The van der Waals surface area contributed by atoms with Gasteiger partial charge in [-0.1, -0.05) is 46.8 Å². The van der Waals surface area contributed by atoms with Crippen LogP contribution in [0.4, 0.5) is 11.4 Å². The van der Waals surface area contributed by atoms with E-state index in [0.717, 1.165) is 17.8 Å². The zero-order valence-corrected chi connectivity index (χ0v) is 18.8. The van der Waals surface area contributed by atoms with Gasteiger partial charge < -0.3 is 10.1 Å². The summed E-state index contributed by atoms with van der Waals surface area (Å²) in [4.78, 5) is 11.9. The lowest BCUT2D eigenvalue weighted by Gasteiger charge is -2.37. The molecular weight excluding hydrogens is 358 g/mol. The highest BCUT2D eigenvalue weighted by molar-refractivity contribution is 5.90. The highest BCUT2D eigenvalue weighted by Crippen LogP contribution is 2.47. The third-order valence-corrected chi connectivity index (χ3v) is 5.68. The minimum absolute atomic E-state index is 0.0963. The van der Waals surface area contributed by atoms with E-state index in [1.165, 1.54) is 22.3 Å². The number of allylic oxidation sites excluding steroid dienone is 2. The number of hydrogen-bond acceptors (Lipinski definition) is 3. The number of esters is 1. The second-order valence-corrected chi connectivity index (χ2v) is 9.59. The highest BCUT2D eigenvalue weighted by Gasteiger charge is 2.32. The average molecular weight is 392 g/mol. The number of carbonyl (C=O) groups excluding carboxylic acids is 1. The zero-order valence-electron chi connectivity index (χ0n) is 18.8. The molecule has 2 aromatic carbocycles. The predicted octanol–water partition coefficient (Wildman–Crippen LogP) is 7.03. The minimum atomic E-state index is -0.286. The molecule has 0 fully saturated rings. The van der Waals surface area contributed by atoms with Gasteiger partial charge in [-0.2, -0.15) is 0 Å². The SMILES string of the molecule is CCOC(=O)c1ccc(Nc2cc3c(cc2C)C(C)(C)CC=C3C(C)(C)C)cc1. The molecule has 154 valence electrons. The number of hydrogen-bond donors (Lipinski definition) is 1. The molecular formula is C26H33NO2. The highest BCUT2D eigenvalue weighted by atomic mass is 16.5. The van der Waals surface area contributed by atoms with E-state index in [-0.39, 0.29) is 16.8 Å². The van der Waals surface area contributed by atoms with E-state index in [1.54, 1.807) is 12.1 Å². The summed E-state index contributed by atoms with van der Waals surface area (Å²) in [5.41, 5.74) is 8.25. The Labute approximate surface area is 175 Å². The van der Waals surface area contributed by atoms with Gasteiger partial charge in [-0.15, -0.1) is 0 Å². The molecule has 3 rings (SSSR count). The van der Waals surface area contributed by atoms with Gasteiger partial charge in [-0.25, -0.2) is 4.79 Å². The van der Waals surface area contributed by atoms with Gasteiger partial charge in [0.2, 0.25) is 0 Å². The molecule has 2 aromatic rings. The molecule has 0 saturated carbocycles. The number of carbonyl (C=O) groups is 1. The maximum Gasteiger partial charge on any atom is 0.338 e. The van der Waals surface area contributed by atoms with Gasteiger partial charge in [0.05, 0.1) is 12.2 Å². The van der Waals surface area contributed by atoms with Crippen molar-refractivity contribution in [2.45, 2.75) is 60.3 Å². The summed E-state index contributed by atoms with van der Waals surface area (Å²) in [6.07, 6.45) is 3.48. The summed E-state index contributed by atoms with van der Waals surface area (Å²) in [5, 5.41) is 3.54. The number of aryl methyl sites for hydroxylation is 1. The van der Waals surface area contributed by atoms with Gasteiger partial charge in [-0.05, 0) is 83.7 Å². The van der Waals surface area contributed by atoms with Crippen LogP contribution in [0.25, 0.3) is 5.57 Å². The normalized spacial score (nSPS) is 15.3. The first-order valence-electron chi connectivity index (χ1n) is 10.4. The molecule has 0 radical (unpaired) electrons. The van der Waals surface area contributed by atoms with Crippen LogP contribution in [0.3, 0.4) is 0 Å². The van der Waals surface area contributed by atoms with E-state index in [1.807, 2.05) is 19.1 Å². The minimum Gasteiger partial charge on any atom is -0.462 e. The average Bonchev–Trinajstić information content (AvgIpc) is 2.63. The predicted molar refractivity (Wildman–Crippen MR) is 122 cm³/mol. The van der Waals surface area contributed by atoms with E-state index in [2.05, 4.69) is 65.1 Å². The molecule has 1 aliphatic rings. The molecule has 0 heterocycles. The first kappa shape index (κ1) is 21.2. The van der Waals surface area contributed by atoms with Crippen LogP contribution in [-0.2, 0) is 10.2 Å². The van der Waals surface area contributed by atoms with Crippen LogP contribution in [0.1, 0.15) is 75.0 Å². The van der Waals surface area contributed by atoms with Crippen molar-refractivity contribution >= 4 is 22.9 Å². The van der Waals surface area contributed by atoms with Gasteiger partial charge >= 0.3 is 5.97 Å². The Bertz CT molecular complexity index is 944. The first-order valence-corrected chi connectivity index (χ1v) is 10.4. The lowest BCUT2D eigenvalue weighted by molar-refractivity contribution is 0.0526. The number of rotatable bonds is 4. The molecule has 3 nitrogen and oxygen atoms in total. The van der Waals surface area contributed by atoms with Crippen LogP contribution >= 0.6 is 0 Å². The third-order valence-electron chi connectivity index (χ3n) is 5.68. The van der Waals surface area contributed by atoms with E-state index in [0.29, 0.717) is 12.2 Å². The first-order chi connectivity index (χ1) is 13.5. The second kappa shape index (κ2) is 7.70. The van der Waals surface area contributed by atoms with Gasteiger partial charge in [0.1, 0.15) is 0 Å². The molecule has 0 atom stereocenters. The maximum absolute atomic E-state index is 11.9. The molecule has 0 bridgehead atoms.